The van der Waals surface area contributed by atoms with E-state index in [9.17, 15) is 13.6 Å². The maximum Gasteiger partial charge on any atom is 0.341 e. The van der Waals surface area contributed by atoms with Crippen molar-refractivity contribution in [3.63, 3.8) is 0 Å². The van der Waals surface area contributed by atoms with Crippen molar-refractivity contribution in [2.45, 2.75) is 6.43 Å². The molecule has 0 aliphatic heterocycles. The number of carbonyl (C=O) groups excluding carboxylic acids is 1. The number of methoxy groups -OCH3 is 1. The highest BCUT2D eigenvalue weighted by Crippen LogP contribution is 2.29. The van der Waals surface area contributed by atoms with Gasteiger partial charge in [-0.2, -0.15) is 0 Å². The predicted molar refractivity (Wildman–Crippen MR) is 58.3 cm³/mol. The van der Waals surface area contributed by atoms with Crippen molar-refractivity contribution >= 4 is 40.2 Å². The second-order valence-corrected chi connectivity index (χ2v) is 3.96. The van der Waals surface area contributed by atoms with Crippen molar-refractivity contribution in [2.24, 2.45) is 0 Å². The molecule has 0 aliphatic rings. The molecule has 0 aliphatic carbocycles. The Bertz CT molecular complexity index is 400. The number of aromatic nitrogens is 1. The third-order valence-corrected chi connectivity index (χ3v) is 2.43. The van der Waals surface area contributed by atoms with Gasteiger partial charge in [0.15, 0.2) is 0 Å². The van der Waals surface area contributed by atoms with Crippen molar-refractivity contribution in [1.29, 1.82) is 0 Å². The molecule has 1 aromatic rings. The first-order chi connectivity index (χ1) is 6.97. The Morgan fingerprint density at radius 1 is 1.67 bits per heavy atom. The molecule has 0 saturated carbocycles. The van der Waals surface area contributed by atoms with Gasteiger partial charge in [-0.15, -0.1) is 0 Å². The zero-order valence-electron chi connectivity index (χ0n) is 7.43. The molecule has 0 fully saturated rings. The van der Waals surface area contributed by atoms with E-state index in [0.29, 0.717) is 3.70 Å². The fourth-order valence-corrected chi connectivity index (χ4v) is 1.97. The Hall–Kier alpha value is -0.500. The molecule has 7 heteroatoms. The monoisotopic (exact) mass is 347 g/mol. The average Bonchev–Trinajstić information content (AvgIpc) is 2.15. The van der Waals surface area contributed by atoms with Crippen LogP contribution in [0.15, 0.2) is 6.07 Å². The summed E-state index contributed by atoms with van der Waals surface area (Å²) in [5.74, 6) is -0.917. The van der Waals surface area contributed by atoms with E-state index < -0.39 is 18.0 Å². The maximum absolute atomic E-state index is 12.6. The van der Waals surface area contributed by atoms with Crippen molar-refractivity contribution in [3.8, 4) is 0 Å². The molecule has 82 valence electrons. The highest BCUT2D eigenvalue weighted by molar-refractivity contribution is 14.1. The van der Waals surface area contributed by atoms with Crippen LogP contribution in [0.3, 0.4) is 0 Å². The number of rotatable bonds is 2. The van der Waals surface area contributed by atoms with Gasteiger partial charge in [-0.1, -0.05) is 11.6 Å². The minimum absolute atomic E-state index is 0.274. The van der Waals surface area contributed by atoms with Crippen molar-refractivity contribution < 1.29 is 18.3 Å². The first kappa shape index (κ1) is 12.6. The van der Waals surface area contributed by atoms with E-state index in [2.05, 4.69) is 9.72 Å². The lowest BCUT2D eigenvalue weighted by molar-refractivity contribution is 0.0589. The van der Waals surface area contributed by atoms with Crippen LogP contribution in [0.2, 0.25) is 5.15 Å². The molecule has 0 atom stereocenters. The number of carbonyl (C=O) groups is 1. The Labute approximate surface area is 103 Å². The van der Waals surface area contributed by atoms with Gasteiger partial charge in [0.25, 0.3) is 6.43 Å². The fraction of sp³-hybridized carbons (Fsp3) is 0.250. The number of esters is 1. The molecule has 1 aromatic heterocycles. The van der Waals surface area contributed by atoms with Gasteiger partial charge in [0, 0.05) is 5.56 Å². The number of hydrogen-bond donors (Lipinski definition) is 0. The molecular formula is C8H5ClF2INO2. The van der Waals surface area contributed by atoms with Gasteiger partial charge in [-0.25, -0.2) is 18.6 Å². The molecule has 15 heavy (non-hydrogen) atoms. The van der Waals surface area contributed by atoms with Crippen LogP contribution >= 0.6 is 34.2 Å². The molecule has 0 amide bonds. The standard InChI is InChI=1S/C8H5ClF2INO2/c1-15-8(14)5-3(7(10)11)2-4(12)13-6(5)9/h2,7H,1H3. The largest absolute Gasteiger partial charge is 0.465 e. The van der Waals surface area contributed by atoms with Crippen LogP contribution in [0.5, 0.6) is 0 Å². The molecule has 0 radical (unpaired) electrons. The van der Waals surface area contributed by atoms with Crippen LogP contribution in [-0.2, 0) is 4.74 Å². The Morgan fingerprint density at radius 2 is 2.27 bits per heavy atom. The summed E-state index contributed by atoms with van der Waals surface area (Å²) in [6.45, 7) is 0. The summed E-state index contributed by atoms with van der Waals surface area (Å²) in [4.78, 5) is 14.9. The highest BCUT2D eigenvalue weighted by Gasteiger charge is 2.23. The van der Waals surface area contributed by atoms with Gasteiger partial charge in [0.05, 0.1) is 7.11 Å². The molecule has 0 saturated heterocycles. The maximum atomic E-state index is 12.6. The summed E-state index contributed by atoms with van der Waals surface area (Å²) in [7, 11) is 1.09. The number of hydrogen-bond acceptors (Lipinski definition) is 3. The lowest BCUT2D eigenvalue weighted by atomic mass is 10.1. The highest BCUT2D eigenvalue weighted by atomic mass is 127. The van der Waals surface area contributed by atoms with Gasteiger partial charge in [0.1, 0.15) is 14.4 Å². The topological polar surface area (TPSA) is 39.2 Å². The zero-order valence-corrected chi connectivity index (χ0v) is 10.3. The molecule has 0 aromatic carbocycles. The smallest absolute Gasteiger partial charge is 0.341 e. The van der Waals surface area contributed by atoms with Crippen LogP contribution in [0.4, 0.5) is 8.78 Å². The molecule has 1 rings (SSSR count). The van der Waals surface area contributed by atoms with Gasteiger partial charge in [-0.05, 0) is 28.7 Å². The number of halogens is 4. The summed E-state index contributed by atoms with van der Waals surface area (Å²) < 4.78 is 29.8. The summed E-state index contributed by atoms with van der Waals surface area (Å²) in [6, 6.07) is 1.10. The predicted octanol–water partition coefficient (Wildman–Crippen LogP) is 3.06. The van der Waals surface area contributed by atoms with E-state index in [4.69, 9.17) is 11.6 Å². The lowest BCUT2D eigenvalue weighted by Gasteiger charge is -2.08. The second-order valence-electron chi connectivity index (χ2n) is 2.49. The first-order valence-electron chi connectivity index (χ1n) is 3.69. The van der Waals surface area contributed by atoms with Crippen LogP contribution in [0.1, 0.15) is 22.3 Å². The Balaban J connectivity index is 3.40. The van der Waals surface area contributed by atoms with E-state index in [1.165, 1.54) is 0 Å². The van der Waals surface area contributed by atoms with Crippen LogP contribution < -0.4 is 0 Å². The number of nitrogens with zero attached hydrogens (tertiary/aromatic N) is 1. The third-order valence-electron chi connectivity index (χ3n) is 1.60. The molecular weight excluding hydrogens is 342 g/mol. The van der Waals surface area contributed by atoms with Crippen LogP contribution in [0.25, 0.3) is 0 Å². The Morgan fingerprint density at radius 3 is 2.73 bits per heavy atom. The number of ether oxygens (including phenoxy) is 1. The molecule has 0 bridgehead atoms. The van der Waals surface area contributed by atoms with E-state index in [1.807, 2.05) is 0 Å². The van der Waals surface area contributed by atoms with E-state index in [1.54, 1.807) is 22.6 Å². The SMILES string of the molecule is COC(=O)c1c(C(F)F)cc(I)nc1Cl. The van der Waals surface area contributed by atoms with Gasteiger partial charge < -0.3 is 4.74 Å². The van der Waals surface area contributed by atoms with E-state index >= 15 is 0 Å². The fourth-order valence-electron chi connectivity index (χ4n) is 0.978. The second kappa shape index (κ2) is 5.02. The van der Waals surface area contributed by atoms with Gasteiger partial charge >= 0.3 is 5.97 Å². The minimum atomic E-state index is -2.80. The van der Waals surface area contributed by atoms with Crippen molar-refractivity contribution in [3.05, 3.63) is 26.0 Å². The lowest BCUT2D eigenvalue weighted by Crippen LogP contribution is -2.09. The summed E-state index contributed by atoms with van der Waals surface area (Å²) in [5, 5.41) is -0.274. The third kappa shape index (κ3) is 2.75. The van der Waals surface area contributed by atoms with Crippen LogP contribution in [-0.4, -0.2) is 18.1 Å². The molecule has 0 spiro atoms. The molecule has 0 unspecified atom stereocenters. The Kier molecular flexibility index (Phi) is 4.21. The zero-order chi connectivity index (χ0) is 11.6. The number of pyridine rings is 1. The summed E-state index contributed by atoms with van der Waals surface area (Å²) in [5.41, 5.74) is -0.846. The molecule has 1 heterocycles. The molecule has 3 nitrogen and oxygen atoms in total. The normalized spacial score (nSPS) is 10.5. The summed E-state index contributed by atoms with van der Waals surface area (Å²) >= 11 is 7.34. The van der Waals surface area contributed by atoms with Crippen LogP contribution in [0, 0.1) is 3.70 Å². The van der Waals surface area contributed by atoms with E-state index in [-0.39, 0.29) is 10.7 Å². The number of alkyl halides is 2. The molecule has 0 N–H and O–H groups in total. The summed E-state index contributed by atoms with van der Waals surface area (Å²) in [6.07, 6.45) is -2.80. The quantitative estimate of drug-likeness (QED) is 0.469. The van der Waals surface area contributed by atoms with Gasteiger partial charge in [0.2, 0.25) is 0 Å². The van der Waals surface area contributed by atoms with E-state index in [0.717, 1.165) is 13.2 Å². The first-order valence-corrected chi connectivity index (χ1v) is 5.15. The van der Waals surface area contributed by atoms with Crippen molar-refractivity contribution in [1.82, 2.24) is 4.98 Å². The average molecular weight is 347 g/mol. The van der Waals surface area contributed by atoms with Crippen molar-refractivity contribution in [2.75, 3.05) is 7.11 Å². The van der Waals surface area contributed by atoms with Gasteiger partial charge in [-0.3, -0.25) is 0 Å². The minimum Gasteiger partial charge on any atom is -0.465 e.